The zero-order chi connectivity index (χ0) is 34.7. The number of allylic oxidation sites excluding steroid dienone is 16. The summed E-state index contributed by atoms with van der Waals surface area (Å²) in [5.74, 6) is 0. The molecule has 1 aliphatic carbocycles. The van der Waals surface area contributed by atoms with E-state index in [9.17, 15) is 0 Å². The Morgan fingerprint density at radius 1 is 0.720 bits per heavy atom. The first-order valence-electron chi connectivity index (χ1n) is 17.2. The largest absolute Gasteiger partial charge is 0.321 e. The third kappa shape index (κ3) is 8.50. The summed E-state index contributed by atoms with van der Waals surface area (Å²) in [5.41, 5.74) is 12.2. The lowest BCUT2D eigenvalue weighted by Gasteiger charge is -2.22. The fraction of sp³-hybridized carbons (Fsp3) is 0.106. The van der Waals surface area contributed by atoms with Gasteiger partial charge in [-0.3, -0.25) is 9.97 Å². The smallest absolute Gasteiger partial charge is 0.0702 e. The maximum Gasteiger partial charge on any atom is 0.0702 e. The third-order valence-corrected chi connectivity index (χ3v) is 9.00. The Bertz CT molecular complexity index is 2250. The van der Waals surface area contributed by atoms with Crippen LogP contribution in [0, 0.1) is 0 Å². The molecule has 0 radical (unpaired) electrons. The number of anilines is 1. The molecule has 5 aromatic rings. The molecular formula is C47H43N3. The normalized spacial score (nSPS) is 14.6. The predicted molar refractivity (Wildman–Crippen MR) is 216 cm³/mol. The summed E-state index contributed by atoms with van der Waals surface area (Å²) in [6, 6.07) is 29.4. The van der Waals surface area contributed by atoms with Crippen molar-refractivity contribution >= 4 is 33.1 Å². The lowest BCUT2D eigenvalue weighted by molar-refractivity contribution is 0.991. The van der Waals surface area contributed by atoms with Crippen molar-refractivity contribution in [2.75, 3.05) is 4.90 Å². The Hall–Kier alpha value is -6.06. The number of nitrogens with zero attached hydrogens (tertiary/aromatic N) is 3. The van der Waals surface area contributed by atoms with Crippen LogP contribution in [-0.2, 0) is 0 Å². The van der Waals surface area contributed by atoms with Crippen LogP contribution in [0.3, 0.4) is 0 Å². The molecule has 0 spiro atoms. The molecule has 0 aliphatic heterocycles. The zero-order valence-corrected chi connectivity index (χ0v) is 29.1. The van der Waals surface area contributed by atoms with Crippen LogP contribution in [0.2, 0.25) is 0 Å². The molecular weight excluding hydrogens is 607 g/mol. The van der Waals surface area contributed by atoms with E-state index in [0.29, 0.717) is 0 Å². The molecule has 3 heteroatoms. The van der Waals surface area contributed by atoms with Gasteiger partial charge < -0.3 is 4.90 Å². The van der Waals surface area contributed by atoms with Crippen molar-refractivity contribution in [1.29, 1.82) is 0 Å². The lowest BCUT2D eigenvalue weighted by Crippen LogP contribution is -2.12. The van der Waals surface area contributed by atoms with E-state index in [-0.39, 0.29) is 0 Å². The third-order valence-electron chi connectivity index (χ3n) is 9.00. The molecule has 0 N–H and O–H groups in total. The van der Waals surface area contributed by atoms with Crippen molar-refractivity contribution < 1.29 is 0 Å². The quantitative estimate of drug-likeness (QED) is 0.133. The molecule has 3 nitrogen and oxygen atoms in total. The fourth-order valence-electron chi connectivity index (χ4n) is 5.86. The van der Waals surface area contributed by atoms with Gasteiger partial charge in [0, 0.05) is 51.9 Å². The second-order valence-corrected chi connectivity index (χ2v) is 12.5. The topological polar surface area (TPSA) is 29.0 Å². The average Bonchev–Trinajstić information content (AvgIpc) is 3.17. The van der Waals surface area contributed by atoms with Crippen molar-refractivity contribution in [2.24, 2.45) is 0 Å². The molecule has 3 aromatic carbocycles. The molecule has 0 saturated heterocycles. The minimum atomic E-state index is 0.980. The fourth-order valence-corrected chi connectivity index (χ4v) is 5.86. The molecule has 0 saturated carbocycles. The Morgan fingerprint density at radius 2 is 1.42 bits per heavy atom. The maximum atomic E-state index is 4.68. The van der Waals surface area contributed by atoms with Crippen molar-refractivity contribution in [3.05, 3.63) is 205 Å². The standard InChI is InChI=1S/C47H43N3/c1-5-39(43-31-41-19-9-11-22-46(41)48-33-43)21-14-30-50(37(4)25-24-36(3)35(2)15-13-18-38-16-7-6-8-17-38)45-28-26-40(27-29-45)44-32-42-20-10-12-23-47(42)49-34-44/h5-7,9-16,18-34H,1,8,17H2,2-4H3/b18-13+,30-14+,35-15+,36-24+,37-25+,39-21+. The van der Waals surface area contributed by atoms with Crippen molar-refractivity contribution in [1.82, 2.24) is 9.97 Å². The van der Waals surface area contributed by atoms with Gasteiger partial charge >= 0.3 is 0 Å². The Balaban J connectivity index is 1.29. The first kappa shape index (κ1) is 33.8. The molecule has 2 heterocycles. The van der Waals surface area contributed by atoms with Crippen LogP contribution in [-0.4, -0.2) is 9.97 Å². The van der Waals surface area contributed by atoms with E-state index in [1.54, 1.807) is 0 Å². The van der Waals surface area contributed by atoms with Crippen LogP contribution in [0.25, 0.3) is 38.5 Å². The van der Waals surface area contributed by atoms with Gasteiger partial charge in [-0.1, -0.05) is 110 Å². The SMILES string of the molecule is C=C/C(=C\C=C\N(/C(C)=C/C=C(C)/C(C)=C/C=C/C1=CC=CCC1)c1ccc(-c2cnc3ccccc3c2)cc1)c1cnc2ccccc2c1. The molecule has 2 aromatic heterocycles. The van der Waals surface area contributed by atoms with Crippen LogP contribution >= 0.6 is 0 Å². The number of benzene rings is 3. The monoisotopic (exact) mass is 649 g/mol. The number of para-hydroxylation sites is 2. The summed E-state index contributed by atoms with van der Waals surface area (Å²) in [4.78, 5) is 11.5. The van der Waals surface area contributed by atoms with Gasteiger partial charge in [0.15, 0.2) is 0 Å². The first-order valence-corrected chi connectivity index (χ1v) is 17.2. The molecule has 0 fully saturated rings. The highest BCUT2D eigenvalue weighted by atomic mass is 15.1. The van der Waals surface area contributed by atoms with E-state index < -0.39 is 0 Å². The molecule has 50 heavy (non-hydrogen) atoms. The minimum Gasteiger partial charge on any atom is -0.321 e. The van der Waals surface area contributed by atoms with Crippen molar-refractivity contribution in [3.63, 3.8) is 0 Å². The van der Waals surface area contributed by atoms with Crippen molar-refractivity contribution in [3.8, 4) is 11.1 Å². The number of hydrogen-bond donors (Lipinski definition) is 0. The van der Waals surface area contributed by atoms with Gasteiger partial charge in [0.25, 0.3) is 0 Å². The predicted octanol–water partition coefficient (Wildman–Crippen LogP) is 12.7. The summed E-state index contributed by atoms with van der Waals surface area (Å²) < 4.78 is 0. The van der Waals surface area contributed by atoms with Gasteiger partial charge in [-0.25, -0.2) is 0 Å². The molecule has 0 unspecified atom stereocenters. The van der Waals surface area contributed by atoms with E-state index in [1.165, 1.54) is 16.7 Å². The van der Waals surface area contributed by atoms with Gasteiger partial charge in [-0.2, -0.15) is 0 Å². The molecule has 0 amide bonds. The van der Waals surface area contributed by atoms with Crippen LogP contribution in [0.4, 0.5) is 5.69 Å². The Kier molecular flexibility index (Phi) is 11.1. The summed E-state index contributed by atoms with van der Waals surface area (Å²) in [5, 5.41) is 2.24. The molecule has 1 aliphatic rings. The van der Waals surface area contributed by atoms with E-state index >= 15 is 0 Å². The van der Waals surface area contributed by atoms with E-state index in [2.05, 4.69) is 164 Å². The van der Waals surface area contributed by atoms with Gasteiger partial charge in [0.2, 0.25) is 0 Å². The maximum absolute atomic E-state index is 4.68. The number of rotatable bonds is 11. The van der Waals surface area contributed by atoms with Gasteiger partial charge in [-0.15, -0.1) is 0 Å². The zero-order valence-electron chi connectivity index (χ0n) is 29.1. The number of pyridine rings is 2. The highest BCUT2D eigenvalue weighted by Crippen LogP contribution is 2.28. The van der Waals surface area contributed by atoms with E-state index in [0.717, 1.165) is 68.3 Å². The summed E-state index contributed by atoms with van der Waals surface area (Å²) in [6.07, 6.45) is 31.7. The summed E-state index contributed by atoms with van der Waals surface area (Å²) in [6.45, 7) is 10.6. The van der Waals surface area contributed by atoms with Gasteiger partial charge in [-0.05, 0) is 110 Å². The van der Waals surface area contributed by atoms with Crippen LogP contribution < -0.4 is 4.90 Å². The first-order chi connectivity index (χ1) is 24.5. The Labute approximate surface area is 296 Å². The Morgan fingerprint density at radius 3 is 2.14 bits per heavy atom. The van der Waals surface area contributed by atoms with Crippen LogP contribution in [0.15, 0.2) is 199 Å². The molecule has 246 valence electrons. The summed E-state index contributed by atoms with van der Waals surface area (Å²) >= 11 is 0. The molecule has 0 atom stereocenters. The number of aromatic nitrogens is 2. The highest BCUT2D eigenvalue weighted by molar-refractivity contribution is 5.85. The lowest BCUT2D eigenvalue weighted by atomic mass is 10.0. The number of fused-ring (bicyclic) bond motifs is 2. The van der Waals surface area contributed by atoms with Gasteiger partial charge in [0.05, 0.1) is 11.0 Å². The molecule has 0 bridgehead atoms. The summed E-state index contributed by atoms with van der Waals surface area (Å²) in [7, 11) is 0. The second-order valence-electron chi connectivity index (χ2n) is 12.5. The van der Waals surface area contributed by atoms with Crippen molar-refractivity contribution in [2.45, 2.75) is 33.6 Å². The number of hydrogen-bond acceptors (Lipinski definition) is 3. The minimum absolute atomic E-state index is 0.980. The second kappa shape index (κ2) is 16.4. The van der Waals surface area contributed by atoms with E-state index in [4.69, 9.17) is 0 Å². The molecule has 6 rings (SSSR count). The van der Waals surface area contributed by atoms with E-state index in [1.807, 2.05) is 48.8 Å². The average molecular weight is 650 g/mol. The highest BCUT2D eigenvalue weighted by Gasteiger charge is 2.08. The van der Waals surface area contributed by atoms with Crippen LogP contribution in [0.1, 0.15) is 39.2 Å². The van der Waals surface area contributed by atoms with Gasteiger partial charge in [0.1, 0.15) is 0 Å². The van der Waals surface area contributed by atoms with Crippen LogP contribution in [0.5, 0.6) is 0 Å².